The molecule has 0 fully saturated rings. The number of carbonyl (C=O) groups excluding carboxylic acids is 3. The lowest BCUT2D eigenvalue weighted by Gasteiger charge is -2.26. The zero-order chi connectivity index (χ0) is 19.4. The molecule has 0 aliphatic rings. The number of hydrogen-bond acceptors (Lipinski definition) is 7. The Morgan fingerprint density at radius 1 is 1.16 bits per heavy atom. The monoisotopic (exact) mass is 350 g/mol. The summed E-state index contributed by atoms with van der Waals surface area (Å²) in [5.41, 5.74) is -1.77. The Hall–Kier alpha value is -3.23. The second-order valence-corrected chi connectivity index (χ2v) is 5.86. The number of carbonyl (C=O) groups is 3. The normalized spacial score (nSPS) is 10.6. The van der Waals surface area contributed by atoms with Gasteiger partial charge in [-0.25, -0.2) is 14.5 Å². The Labute approximate surface area is 144 Å². The number of nitro benzene ring substituents is 1. The van der Waals surface area contributed by atoms with Crippen molar-refractivity contribution in [2.45, 2.75) is 26.4 Å². The highest BCUT2D eigenvalue weighted by Gasteiger charge is 2.33. The van der Waals surface area contributed by atoms with Crippen LogP contribution in [0.25, 0.3) is 0 Å². The molecule has 0 N–H and O–H groups in total. The Balaban J connectivity index is 3.23. The van der Waals surface area contributed by atoms with Crippen molar-refractivity contribution in [3.8, 4) is 0 Å². The van der Waals surface area contributed by atoms with Crippen molar-refractivity contribution in [1.82, 2.24) is 4.90 Å². The van der Waals surface area contributed by atoms with Crippen LogP contribution in [0.3, 0.4) is 0 Å². The van der Waals surface area contributed by atoms with Gasteiger partial charge in [0.25, 0.3) is 11.6 Å². The highest BCUT2D eigenvalue weighted by molar-refractivity contribution is 6.09. The van der Waals surface area contributed by atoms with Crippen molar-refractivity contribution >= 4 is 23.7 Å². The molecule has 0 saturated heterocycles. The number of nitrogens with zero attached hydrogens (tertiary/aromatic N) is 2. The molecule has 0 bridgehead atoms. The van der Waals surface area contributed by atoms with E-state index in [-0.39, 0.29) is 11.3 Å². The zero-order valence-corrected chi connectivity index (χ0v) is 14.3. The van der Waals surface area contributed by atoms with Gasteiger partial charge in [0.15, 0.2) is 0 Å². The van der Waals surface area contributed by atoms with Crippen LogP contribution in [0.4, 0.5) is 10.5 Å². The van der Waals surface area contributed by atoms with Crippen molar-refractivity contribution in [3.63, 3.8) is 0 Å². The number of rotatable bonds is 4. The number of methoxy groups -OCH3 is 1. The number of non-ortho nitro benzene ring substituents is 1. The standard InChI is InChI=1S/C16H18N2O7/c1-10(14(20)24-5)17(15(21)25-16(2,3)4)13(19)11-6-8-12(9-7-11)18(22)23/h6-9H,1H2,2-5H3. The van der Waals surface area contributed by atoms with Gasteiger partial charge in [0, 0.05) is 17.7 Å². The quantitative estimate of drug-likeness (QED) is 0.355. The summed E-state index contributed by atoms with van der Waals surface area (Å²) in [5, 5.41) is 10.7. The maximum atomic E-state index is 12.6. The SMILES string of the molecule is C=C(C(=O)OC)N(C(=O)OC(C)(C)C)C(=O)c1ccc([N+](=O)[O-])cc1. The molecule has 0 radical (unpaired) electrons. The second-order valence-electron chi connectivity index (χ2n) is 5.86. The van der Waals surface area contributed by atoms with Gasteiger partial charge in [-0.1, -0.05) is 6.58 Å². The molecule has 0 aliphatic heterocycles. The summed E-state index contributed by atoms with van der Waals surface area (Å²) in [6.45, 7) is 8.14. The number of hydrogen-bond donors (Lipinski definition) is 0. The van der Waals surface area contributed by atoms with E-state index in [0.29, 0.717) is 4.90 Å². The van der Waals surface area contributed by atoms with Crippen LogP contribution in [0.15, 0.2) is 36.5 Å². The summed E-state index contributed by atoms with van der Waals surface area (Å²) < 4.78 is 9.59. The van der Waals surface area contributed by atoms with Crippen LogP contribution >= 0.6 is 0 Å². The third-order valence-corrected chi connectivity index (χ3v) is 2.80. The third-order valence-electron chi connectivity index (χ3n) is 2.80. The van der Waals surface area contributed by atoms with Gasteiger partial charge < -0.3 is 9.47 Å². The number of esters is 1. The van der Waals surface area contributed by atoms with Crippen LogP contribution in [-0.4, -0.2) is 40.5 Å². The van der Waals surface area contributed by atoms with E-state index in [2.05, 4.69) is 11.3 Å². The molecule has 0 aromatic heterocycles. The molecular formula is C16H18N2O7. The molecule has 0 unspecified atom stereocenters. The van der Waals surface area contributed by atoms with Gasteiger partial charge >= 0.3 is 12.1 Å². The Morgan fingerprint density at radius 3 is 2.08 bits per heavy atom. The molecule has 0 atom stereocenters. The van der Waals surface area contributed by atoms with Gasteiger partial charge in [-0.15, -0.1) is 0 Å². The predicted molar refractivity (Wildman–Crippen MR) is 86.7 cm³/mol. The van der Waals surface area contributed by atoms with Crippen molar-refractivity contribution in [2.75, 3.05) is 7.11 Å². The van der Waals surface area contributed by atoms with Crippen LogP contribution in [0.2, 0.25) is 0 Å². The van der Waals surface area contributed by atoms with E-state index in [1.54, 1.807) is 20.8 Å². The molecule has 25 heavy (non-hydrogen) atoms. The van der Waals surface area contributed by atoms with E-state index >= 15 is 0 Å². The molecule has 0 aliphatic carbocycles. The van der Waals surface area contributed by atoms with Crippen molar-refractivity contribution in [3.05, 3.63) is 52.2 Å². The van der Waals surface area contributed by atoms with E-state index in [9.17, 15) is 24.5 Å². The second kappa shape index (κ2) is 7.56. The van der Waals surface area contributed by atoms with Crippen LogP contribution in [-0.2, 0) is 14.3 Å². The number of ether oxygens (including phenoxy) is 2. The van der Waals surface area contributed by atoms with Crippen molar-refractivity contribution in [2.24, 2.45) is 0 Å². The first-order chi connectivity index (χ1) is 11.5. The Morgan fingerprint density at radius 2 is 1.68 bits per heavy atom. The summed E-state index contributed by atoms with van der Waals surface area (Å²) >= 11 is 0. The number of amides is 2. The fraction of sp³-hybridized carbons (Fsp3) is 0.312. The smallest absolute Gasteiger partial charge is 0.422 e. The summed E-state index contributed by atoms with van der Waals surface area (Å²) in [6, 6.07) is 4.51. The summed E-state index contributed by atoms with van der Waals surface area (Å²) in [5.74, 6) is -1.93. The average molecular weight is 350 g/mol. The van der Waals surface area contributed by atoms with E-state index in [1.807, 2.05) is 0 Å². The third kappa shape index (κ3) is 5.13. The van der Waals surface area contributed by atoms with Crippen LogP contribution in [0.5, 0.6) is 0 Å². The molecule has 2 amide bonds. The molecule has 1 aromatic carbocycles. The first kappa shape index (κ1) is 19.8. The molecule has 0 spiro atoms. The highest BCUT2D eigenvalue weighted by Crippen LogP contribution is 2.19. The zero-order valence-electron chi connectivity index (χ0n) is 14.3. The van der Waals surface area contributed by atoms with Gasteiger partial charge in [-0.3, -0.25) is 14.9 Å². The van der Waals surface area contributed by atoms with E-state index in [4.69, 9.17) is 4.74 Å². The molecule has 0 heterocycles. The lowest BCUT2D eigenvalue weighted by molar-refractivity contribution is -0.384. The van der Waals surface area contributed by atoms with Gasteiger partial charge in [-0.05, 0) is 32.9 Å². The fourth-order valence-electron chi connectivity index (χ4n) is 1.69. The minimum atomic E-state index is -1.12. The lowest BCUT2D eigenvalue weighted by Crippen LogP contribution is -2.42. The Bertz CT molecular complexity index is 717. The average Bonchev–Trinajstić information content (AvgIpc) is 2.52. The largest absolute Gasteiger partial charge is 0.464 e. The van der Waals surface area contributed by atoms with Gasteiger partial charge in [0.05, 0.1) is 12.0 Å². The van der Waals surface area contributed by atoms with Crippen molar-refractivity contribution < 1.29 is 28.8 Å². The van der Waals surface area contributed by atoms with E-state index in [0.717, 1.165) is 31.4 Å². The summed E-state index contributed by atoms with van der Waals surface area (Å²) in [6.07, 6.45) is -1.12. The molecule has 9 heteroatoms. The number of imide groups is 1. The molecular weight excluding hydrogens is 332 g/mol. The van der Waals surface area contributed by atoms with E-state index in [1.165, 1.54) is 0 Å². The molecule has 0 saturated carbocycles. The topological polar surface area (TPSA) is 116 Å². The first-order valence-electron chi connectivity index (χ1n) is 7.07. The lowest BCUT2D eigenvalue weighted by atomic mass is 10.1. The summed E-state index contributed by atoms with van der Waals surface area (Å²) in [7, 11) is 1.07. The maximum Gasteiger partial charge on any atom is 0.422 e. The number of nitro groups is 1. The van der Waals surface area contributed by atoms with Crippen LogP contribution < -0.4 is 0 Å². The Kier molecular flexibility index (Phi) is 5.99. The molecule has 134 valence electrons. The van der Waals surface area contributed by atoms with Crippen LogP contribution in [0, 0.1) is 10.1 Å². The fourth-order valence-corrected chi connectivity index (χ4v) is 1.69. The van der Waals surface area contributed by atoms with E-state index < -0.39 is 34.2 Å². The molecule has 9 nitrogen and oxygen atoms in total. The maximum absolute atomic E-state index is 12.6. The highest BCUT2D eigenvalue weighted by atomic mass is 16.6. The minimum Gasteiger partial charge on any atom is -0.464 e. The van der Waals surface area contributed by atoms with Gasteiger partial charge in [0.1, 0.15) is 11.3 Å². The molecule has 1 aromatic rings. The molecule has 1 rings (SSSR count). The minimum absolute atomic E-state index is 0.0680. The summed E-state index contributed by atoms with van der Waals surface area (Å²) in [4.78, 5) is 47.1. The van der Waals surface area contributed by atoms with Gasteiger partial charge in [-0.2, -0.15) is 0 Å². The van der Waals surface area contributed by atoms with Crippen LogP contribution in [0.1, 0.15) is 31.1 Å². The predicted octanol–water partition coefficient (Wildman–Crippen LogP) is 2.66. The van der Waals surface area contributed by atoms with Crippen molar-refractivity contribution in [1.29, 1.82) is 0 Å². The first-order valence-corrected chi connectivity index (χ1v) is 7.07. The van der Waals surface area contributed by atoms with Gasteiger partial charge in [0.2, 0.25) is 0 Å². The number of benzene rings is 1.